The number of likely N-dealkylation sites (tertiary alicyclic amines) is 1. The summed E-state index contributed by atoms with van der Waals surface area (Å²) in [5, 5.41) is 13.1. The third-order valence-electron chi connectivity index (χ3n) is 5.14. The molecule has 3 unspecified atom stereocenters. The number of ether oxygens (including phenoxy) is 1. The molecule has 2 fully saturated rings. The monoisotopic (exact) mass is 284 g/mol. The molecule has 0 radical (unpaired) electrons. The molecule has 1 aliphatic heterocycles. The summed E-state index contributed by atoms with van der Waals surface area (Å²) >= 11 is 0. The molecule has 2 rings (SSSR count). The molecule has 2 aliphatic rings. The Kier molecular flexibility index (Phi) is 6.27. The van der Waals surface area contributed by atoms with Crippen LogP contribution in [0.5, 0.6) is 0 Å². The molecule has 0 spiro atoms. The molecule has 0 aromatic heterocycles. The van der Waals surface area contributed by atoms with Crippen molar-refractivity contribution in [1.82, 2.24) is 10.2 Å². The van der Waals surface area contributed by atoms with Gasteiger partial charge in [0, 0.05) is 24.7 Å². The van der Waals surface area contributed by atoms with E-state index in [1.807, 2.05) is 7.05 Å². The van der Waals surface area contributed by atoms with Gasteiger partial charge in [-0.05, 0) is 58.5 Å². The minimum atomic E-state index is -0.0554. The van der Waals surface area contributed by atoms with Crippen LogP contribution in [0.15, 0.2) is 0 Å². The summed E-state index contributed by atoms with van der Waals surface area (Å²) < 4.78 is 5.95. The van der Waals surface area contributed by atoms with Crippen molar-refractivity contribution in [2.45, 2.75) is 69.6 Å². The van der Waals surface area contributed by atoms with Crippen molar-refractivity contribution in [3.63, 3.8) is 0 Å². The van der Waals surface area contributed by atoms with Crippen molar-refractivity contribution in [3.05, 3.63) is 0 Å². The Hall–Kier alpha value is -0.160. The highest BCUT2D eigenvalue weighted by molar-refractivity contribution is 4.96. The van der Waals surface area contributed by atoms with Gasteiger partial charge in [-0.2, -0.15) is 0 Å². The molecule has 20 heavy (non-hydrogen) atoms. The Labute approximate surface area is 123 Å². The average Bonchev–Trinajstić information content (AvgIpc) is 2.53. The van der Waals surface area contributed by atoms with Gasteiger partial charge in [-0.25, -0.2) is 0 Å². The molecule has 1 aliphatic carbocycles. The zero-order chi connectivity index (χ0) is 14.4. The number of aliphatic hydroxyl groups excluding tert-OH is 1. The van der Waals surface area contributed by atoms with E-state index in [-0.39, 0.29) is 12.1 Å². The van der Waals surface area contributed by atoms with Gasteiger partial charge in [0.1, 0.15) is 0 Å². The maximum atomic E-state index is 9.72. The zero-order valence-electron chi connectivity index (χ0n) is 13.2. The molecule has 2 N–H and O–H groups in total. The molecule has 1 saturated carbocycles. The van der Waals surface area contributed by atoms with Crippen molar-refractivity contribution in [3.8, 4) is 0 Å². The molecule has 118 valence electrons. The first-order chi connectivity index (χ1) is 9.73. The fourth-order valence-electron chi connectivity index (χ4n) is 3.81. The first-order valence-electron chi connectivity index (χ1n) is 8.38. The summed E-state index contributed by atoms with van der Waals surface area (Å²) in [4.78, 5) is 2.62. The number of nitrogens with zero attached hydrogens (tertiary/aromatic N) is 1. The van der Waals surface area contributed by atoms with E-state index >= 15 is 0 Å². The van der Waals surface area contributed by atoms with Gasteiger partial charge in [0.25, 0.3) is 0 Å². The standard InChI is InChI=1S/C16H32N2O2/c1-3-10-20-15-7-5-9-18(12-15)14-6-4-8-16(11-14,13-19)17-2/h14-15,17,19H,3-13H2,1-2H3. The summed E-state index contributed by atoms with van der Waals surface area (Å²) in [6.45, 7) is 5.59. The smallest absolute Gasteiger partial charge is 0.0702 e. The Morgan fingerprint density at radius 2 is 2.20 bits per heavy atom. The molecule has 0 aromatic rings. The molecule has 1 saturated heterocycles. The topological polar surface area (TPSA) is 44.7 Å². The van der Waals surface area contributed by atoms with Crippen molar-refractivity contribution in [2.75, 3.05) is 33.4 Å². The fraction of sp³-hybridized carbons (Fsp3) is 1.00. The van der Waals surface area contributed by atoms with E-state index in [9.17, 15) is 5.11 Å². The number of aliphatic hydroxyl groups is 1. The van der Waals surface area contributed by atoms with Crippen molar-refractivity contribution in [1.29, 1.82) is 0 Å². The van der Waals surface area contributed by atoms with Crippen LogP contribution < -0.4 is 5.32 Å². The second-order valence-corrected chi connectivity index (χ2v) is 6.57. The molecule has 0 amide bonds. The van der Waals surface area contributed by atoms with E-state index in [2.05, 4.69) is 17.1 Å². The minimum absolute atomic E-state index is 0.0554. The van der Waals surface area contributed by atoms with Crippen LogP contribution in [0.2, 0.25) is 0 Å². The first kappa shape index (κ1) is 16.2. The van der Waals surface area contributed by atoms with Crippen LogP contribution in [0.25, 0.3) is 0 Å². The van der Waals surface area contributed by atoms with E-state index < -0.39 is 0 Å². The van der Waals surface area contributed by atoms with Crippen molar-refractivity contribution in [2.24, 2.45) is 0 Å². The number of hydrogen-bond acceptors (Lipinski definition) is 4. The van der Waals surface area contributed by atoms with Crippen molar-refractivity contribution < 1.29 is 9.84 Å². The highest BCUT2D eigenvalue weighted by atomic mass is 16.5. The Bertz CT molecular complexity index is 282. The van der Waals surface area contributed by atoms with Crippen LogP contribution in [0.1, 0.15) is 51.9 Å². The average molecular weight is 284 g/mol. The molecule has 0 aromatic carbocycles. The lowest BCUT2D eigenvalue weighted by Crippen LogP contribution is -2.56. The lowest BCUT2D eigenvalue weighted by atomic mass is 9.78. The maximum Gasteiger partial charge on any atom is 0.0702 e. The quantitative estimate of drug-likeness (QED) is 0.780. The summed E-state index contributed by atoms with van der Waals surface area (Å²) in [7, 11) is 1.99. The Morgan fingerprint density at radius 1 is 1.35 bits per heavy atom. The lowest BCUT2D eigenvalue weighted by Gasteiger charge is -2.46. The number of rotatable bonds is 6. The van der Waals surface area contributed by atoms with Crippen LogP contribution in [0, 0.1) is 0 Å². The molecular formula is C16H32N2O2. The highest BCUT2D eigenvalue weighted by Gasteiger charge is 2.38. The van der Waals surface area contributed by atoms with E-state index in [1.54, 1.807) is 0 Å². The molecule has 1 heterocycles. The van der Waals surface area contributed by atoms with Gasteiger partial charge in [0.05, 0.1) is 12.7 Å². The third kappa shape index (κ3) is 3.94. The van der Waals surface area contributed by atoms with Crippen LogP contribution in [0.4, 0.5) is 0 Å². The van der Waals surface area contributed by atoms with Gasteiger partial charge >= 0.3 is 0 Å². The highest BCUT2D eigenvalue weighted by Crippen LogP contribution is 2.32. The van der Waals surface area contributed by atoms with Gasteiger partial charge in [-0.3, -0.25) is 4.90 Å². The number of hydrogen-bond donors (Lipinski definition) is 2. The van der Waals surface area contributed by atoms with E-state index in [4.69, 9.17) is 4.74 Å². The molecule has 0 bridgehead atoms. The first-order valence-corrected chi connectivity index (χ1v) is 8.38. The van der Waals surface area contributed by atoms with Crippen LogP contribution in [-0.2, 0) is 4.74 Å². The minimum Gasteiger partial charge on any atom is -0.394 e. The fourth-order valence-corrected chi connectivity index (χ4v) is 3.81. The van der Waals surface area contributed by atoms with Crippen LogP contribution in [0.3, 0.4) is 0 Å². The summed E-state index contributed by atoms with van der Waals surface area (Å²) in [5.41, 5.74) is -0.0554. The van der Waals surface area contributed by atoms with E-state index in [1.165, 1.54) is 32.2 Å². The zero-order valence-corrected chi connectivity index (χ0v) is 13.2. The number of piperidine rings is 1. The second-order valence-electron chi connectivity index (χ2n) is 6.57. The normalized spacial score (nSPS) is 36.1. The summed E-state index contributed by atoms with van der Waals surface area (Å²) in [6.07, 6.45) is 8.63. The van der Waals surface area contributed by atoms with Gasteiger partial charge in [-0.1, -0.05) is 6.92 Å². The summed E-state index contributed by atoms with van der Waals surface area (Å²) in [6, 6.07) is 0.608. The van der Waals surface area contributed by atoms with Gasteiger partial charge in [0.2, 0.25) is 0 Å². The number of likely N-dealkylation sites (N-methyl/N-ethyl adjacent to an activating group) is 1. The second kappa shape index (κ2) is 7.74. The molecule has 3 atom stereocenters. The van der Waals surface area contributed by atoms with E-state index in [0.29, 0.717) is 12.1 Å². The maximum absolute atomic E-state index is 9.72. The largest absolute Gasteiger partial charge is 0.394 e. The van der Waals surface area contributed by atoms with Crippen molar-refractivity contribution >= 4 is 0 Å². The van der Waals surface area contributed by atoms with E-state index in [0.717, 1.165) is 32.4 Å². The van der Waals surface area contributed by atoms with Crippen LogP contribution in [-0.4, -0.2) is 61.0 Å². The van der Waals surface area contributed by atoms with Gasteiger partial charge in [-0.15, -0.1) is 0 Å². The van der Waals surface area contributed by atoms with Crippen LogP contribution >= 0.6 is 0 Å². The number of nitrogens with one attached hydrogen (secondary N) is 1. The van der Waals surface area contributed by atoms with Gasteiger partial charge < -0.3 is 15.2 Å². The molecular weight excluding hydrogens is 252 g/mol. The Balaban J connectivity index is 1.89. The third-order valence-corrected chi connectivity index (χ3v) is 5.14. The van der Waals surface area contributed by atoms with Gasteiger partial charge in [0.15, 0.2) is 0 Å². The SMILES string of the molecule is CCCOC1CCCN(C2CCCC(CO)(NC)C2)C1. The lowest BCUT2D eigenvalue weighted by molar-refractivity contribution is -0.0272. The summed E-state index contributed by atoms with van der Waals surface area (Å²) in [5.74, 6) is 0. The molecule has 4 nitrogen and oxygen atoms in total. The predicted molar refractivity (Wildman–Crippen MR) is 82.0 cm³/mol. The Morgan fingerprint density at radius 3 is 2.90 bits per heavy atom. The molecule has 4 heteroatoms. The predicted octanol–water partition coefficient (Wildman–Crippen LogP) is 1.77.